The third-order valence-electron chi connectivity index (χ3n) is 7.54. The molecule has 4 heterocycles. The number of aromatic nitrogens is 4. The Labute approximate surface area is 209 Å². The number of H-pyrrole nitrogens is 2. The van der Waals surface area contributed by atoms with Crippen molar-refractivity contribution in [1.82, 2.24) is 30.4 Å². The fourth-order valence-corrected chi connectivity index (χ4v) is 5.60. The van der Waals surface area contributed by atoms with Crippen molar-refractivity contribution in [1.29, 1.82) is 0 Å². The lowest BCUT2D eigenvalue weighted by Crippen LogP contribution is -2.47. The number of phenolic OH excluding ortho intramolecular Hbond substituents is 1. The highest BCUT2D eigenvalue weighted by atomic mass is 19.1. The minimum atomic E-state index is -0.356. The monoisotopic (exact) mass is 486 g/mol. The number of nitrogens with zero attached hydrogens (tertiary/aromatic N) is 3. The van der Waals surface area contributed by atoms with Gasteiger partial charge in [-0.05, 0) is 67.1 Å². The van der Waals surface area contributed by atoms with Crippen LogP contribution in [0.1, 0.15) is 37.4 Å². The Morgan fingerprint density at radius 2 is 2.08 bits per heavy atom. The van der Waals surface area contributed by atoms with Crippen molar-refractivity contribution in [2.24, 2.45) is 0 Å². The molecule has 36 heavy (non-hydrogen) atoms. The Balaban J connectivity index is 1.29. The topological polar surface area (TPSA) is 92.9 Å². The summed E-state index contributed by atoms with van der Waals surface area (Å²) in [5.41, 5.74) is 5.25. The summed E-state index contributed by atoms with van der Waals surface area (Å²) in [6.45, 7) is 6.13. The summed E-state index contributed by atoms with van der Waals surface area (Å²) >= 11 is 0. The zero-order valence-electron chi connectivity index (χ0n) is 20.4. The van der Waals surface area contributed by atoms with E-state index >= 15 is 4.39 Å². The van der Waals surface area contributed by atoms with E-state index in [0.717, 1.165) is 49.4 Å². The number of aromatic hydroxyl groups is 1. The molecule has 0 bridgehead atoms. The van der Waals surface area contributed by atoms with Gasteiger partial charge in [-0.25, -0.2) is 9.37 Å². The molecule has 1 atom stereocenters. The number of piperidine rings is 1. The average molecular weight is 487 g/mol. The van der Waals surface area contributed by atoms with Gasteiger partial charge < -0.3 is 15.4 Å². The molecule has 0 spiro atoms. The number of halogens is 1. The van der Waals surface area contributed by atoms with E-state index in [2.05, 4.69) is 31.5 Å². The molecule has 8 heteroatoms. The number of fused-ring (bicyclic) bond motifs is 1. The zero-order valence-corrected chi connectivity index (χ0v) is 20.4. The van der Waals surface area contributed by atoms with Crippen LogP contribution in [0.2, 0.25) is 0 Å². The first-order valence-corrected chi connectivity index (χ1v) is 12.8. The van der Waals surface area contributed by atoms with Gasteiger partial charge >= 0.3 is 0 Å². The average Bonchev–Trinajstić information content (AvgIpc) is 3.58. The summed E-state index contributed by atoms with van der Waals surface area (Å²) in [7, 11) is 0. The molecule has 1 saturated heterocycles. The Morgan fingerprint density at radius 1 is 1.19 bits per heavy atom. The lowest BCUT2D eigenvalue weighted by atomic mass is 9.96. The molecular formula is C28H31FN6O. The minimum Gasteiger partial charge on any atom is -0.508 e. The van der Waals surface area contributed by atoms with Gasteiger partial charge in [-0.15, -0.1) is 0 Å². The number of benzene rings is 2. The number of hydrogen-bond acceptors (Lipinski definition) is 5. The summed E-state index contributed by atoms with van der Waals surface area (Å²) in [5, 5.41) is 21.3. The SMILES string of the molecule is CCc1cc(O)ccc1-c1ccc2c(-c3nc(C4=CCCN(C5CCCNC5)C4)c[nH]3)n[nH]c2c1F. The number of hydrogen-bond donors (Lipinski definition) is 4. The standard InChI is InChI=1S/C28H31FN6O/c1-2-17-13-20(36)7-8-21(17)22-9-10-23-26(25(22)29)33-34-27(23)28-31-15-24(32-28)18-5-4-12-35(16-18)19-6-3-11-30-14-19/h5,7-10,13,15,19,30,36H,2-4,6,11-12,14,16H2,1H3,(H,31,32)(H,33,34). The molecule has 4 aromatic rings. The summed E-state index contributed by atoms with van der Waals surface area (Å²) < 4.78 is 15.6. The third kappa shape index (κ3) is 4.10. The van der Waals surface area contributed by atoms with Gasteiger partial charge in [0, 0.05) is 42.8 Å². The van der Waals surface area contributed by atoms with E-state index in [1.165, 1.54) is 18.4 Å². The second kappa shape index (κ2) is 9.52. The predicted octanol–water partition coefficient (Wildman–Crippen LogP) is 4.87. The van der Waals surface area contributed by atoms with E-state index < -0.39 is 0 Å². The second-order valence-electron chi connectivity index (χ2n) is 9.74. The van der Waals surface area contributed by atoms with Gasteiger partial charge in [0.2, 0.25) is 0 Å². The van der Waals surface area contributed by atoms with Crippen LogP contribution in [0.3, 0.4) is 0 Å². The van der Waals surface area contributed by atoms with E-state index in [9.17, 15) is 5.11 Å². The molecule has 0 radical (unpaired) electrons. The maximum absolute atomic E-state index is 15.6. The molecular weight excluding hydrogens is 455 g/mol. The van der Waals surface area contributed by atoms with E-state index in [4.69, 9.17) is 4.98 Å². The first-order chi connectivity index (χ1) is 17.6. The van der Waals surface area contributed by atoms with Gasteiger partial charge in [0.05, 0.1) is 5.69 Å². The predicted molar refractivity (Wildman–Crippen MR) is 140 cm³/mol. The maximum Gasteiger partial charge on any atom is 0.159 e. The number of phenols is 1. The Bertz CT molecular complexity index is 1430. The van der Waals surface area contributed by atoms with Crippen molar-refractivity contribution in [3.8, 4) is 28.4 Å². The van der Waals surface area contributed by atoms with Crippen LogP contribution in [0.5, 0.6) is 5.75 Å². The molecule has 2 aliphatic rings. The molecule has 0 aliphatic carbocycles. The van der Waals surface area contributed by atoms with Gasteiger partial charge in [-0.3, -0.25) is 10.00 Å². The Kier molecular flexibility index (Phi) is 6.07. The van der Waals surface area contributed by atoms with Gasteiger partial charge in [0.15, 0.2) is 11.6 Å². The molecule has 6 rings (SSSR count). The van der Waals surface area contributed by atoms with Gasteiger partial charge in [0.25, 0.3) is 0 Å². The Hall–Kier alpha value is -3.49. The Morgan fingerprint density at radius 3 is 2.92 bits per heavy atom. The molecule has 1 unspecified atom stereocenters. The summed E-state index contributed by atoms with van der Waals surface area (Å²) in [6, 6.07) is 9.29. The molecule has 2 aromatic heterocycles. The number of aryl methyl sites for hydroxylation is 1. The van der Waals surface area contributed by atoms with Crippen LogP contribution >= 0.6 is 0 Å². The van der Waals surface area contributed by atoms with Crippen LogP contribution in [0, 0.1) is 5.82 Å². The molecule has 2 aromatic carbocycles. The fraction of sp³-hybridized carbons (Fsp3) is 0.357. The number of rotatable bonds is 5. The lowest BCUT2D eigenvalue weighted by Gasteiger charge is -2.36. The lowest BCUT2D eigenvalue weighted by molar-refractivity contribution is 0.184. The van der Waals surface area contributed by atoms with Gasteiger partial charge in [-0.2, -0.15) is 5.10 Å². The highest BCUT2D eigenvalue weighted by molar-refractivity contribution is 5.95. The largest absolute Gasteiger partial charge is 0.508 e. The number of nitrogens with one attached hydrogen (secondary N) is 3. The first kappa shape index (κ1) is 22.9. The van der Waals surface area contributed by atoms with Crippen molar-refractivity contribution in [3.05, 3.63) is 59.7 Å². The second-order valence-corrected chi connectivity index (χ2v) is 9.74. The van der Waals surface area contributed by atoms with E-state index in [-0.39, 0.29) is 11.6 Å². The van der Waals surface area contributed by atoms with Crippen LogP contribution in [0.15, 0.2) is 42.6 Å². The molecule has 0 saturated carbocycles. The highest BCUT2D eigenvalue weighted by Gasteiger charge is 2.25. The quantitative estimate of drug-likeness (QED) is 0.323. The van der Waals surface area contributed by atoms with Crippen LogP contribution in [0.25, 0.3) is 39.1 Å². The van der Waals surface area contributed by atoms with Crippen LogP contribution in [-0.2, 0) is 6.42 Å². The smallest absolute Gasteiger partial charge is 0.159 e. The summed E-state index contributed by atoms with van der Waals surface area (Å²) in [4.78, 5) is 10.7. The third-order valence-corrected chi connectivity index (χ3v) is 7.54. The first-order valence-electron chi connectivity index (χ1n) is 12.8. The van der Waals surface area contributed by atoms with Crippen LogP contribution < -0.4 is 5.32 Å². The van der Waals surface area contributed by atoms with Crippen LogP contribution in [0.4, 0.5) is 4.39 Å². The number of imidazole rings is 1. The highest BCUT2D eigenvalue weighted by Crippen LogP contribution is 2.35. The minimum absolute atomic E-state index is 0.182. The zero-order chi connectivity index (χ0) is 24.6. The van der Waals surface area contributed by atoms with E-state index in [0.29, 0.717) is 40.4 Å². The van der Waals surface area contributed by atoms with Crippen molar-refractivity contribution in [3.63, 3.8) is 0 Å². The van der Waals surface area contributed by atoms with Crippen LogP contribution in [-0.4, -0.2) is 62.4 Å². The van der Waals surface area contributed by atoms with Gasteiger partial charge in [0.1, 0.15) is 17.0 Å². The normalized spacial score (nSPS) is 19.1. The van der Waals surface area contributed by atoms with E-state index in [1.54, 1.807) is 24.3 Å². The molecule has 186 valence electrons. The molecule has 7 nitrogen and oxygen atoms in total. The molecule has 4 N–H and O–H groups in total. The van der Waals surface area contributed by atoms with Crippen molar-refractivity contribution in [2.75, 3.05) is 26.2 Å². The fourth-order valence-electron chi connectivity index (χ4n) is 5.60. The number of aromatic amines is 2. The summed E-state index contributed by atoms with van der Waals surface area (Å²) in [5.74, 6) is 0.450. The van der Waals surface area contributed by atoms with Crippen molar-refractivity contribution in [2.45, 2.75) is 38.6 Å². The van der Waals surface area contributed by atoms with Crippen molar-refractivity contribution >= 4 is 16.5 Å². The van der Waals surface area contributed by atoms with Gasteiger partial charge in [-0.1, -0.05) is 25.1 Å². The maximum atomic E-state index is 15.6. The van der Waals surface area contributed by atoms with E-state index in [1.807, 2.05) is 19.2 Å². The summed E-state index contributed by atoms with van der Waals surface area (Å²) in [6.07, 6.45) is 8.38. The van der Waals surface area contributed by atoms with Crippen molar-refractivity contribution < 1.29 is 9.50 Å². The molecule has 2 aliphatic heterocycles. The molecule has 0 amide bonds. The molecule has 1 fully saturated rings.